The number of halogens is 1. The average Bonchev–Trinajstić information content (AvgIpc) is 2.37. The van der Waals surface area contributed by atoms with Crippen molar-refractivity contribution in [1.29, 1.82) is 0 Å². The van der Waals surface area contributed by atoms with Gasteiger partial charge >= 0.3 is 0 Å². The van der Waals surface area contributed by atoms with E-state index in [-0.39, 0.29) is 18.0 Å². The second-order valence-corrected chi connectivity index (χ2v) is 4.97. The Morgan fingerprint density at radius 3 is 2.63 bits per heavy atom. The van der Waals surface area contributed by atoms with Crippen LogP contribution in [0.2, 0.25) is 0 Å². The van der Waals surface area contributed by atoms with Crippen LogP contribution in [0.25, 0.3) is 0 Å². The smallest absolute Gasteiger partial charge is 0.251 e. The topological polar surface area (TPSA) is 51.1 Å². The molecule has 2 aromatic rings. The molecule has 1 aromatic carbocycles. The first-order valence-corrected chi connectivity index (χ1v) is 6.58. The van der Waals surface area contributed by atoms with Gasteiger partial charge in [-0.1, -0.05) is 18.2 Å². The molecule has 1 amide bonds. The molecule has 1 aromatic heterocycles. The van der Waals surface area contributed by atoms with E-state index < -0.39 is 0 Å². The van der Waals surface area contributed by atoms with Gasteiger partial charge < -0.3 is 9.88 Å². The van der Waals surface area contributed by atoms with Gasteiger partial charge in [0, 0.05) is 16.2 Å². The quantitative estimate of drug-likeness (QED) is 0.944. The van der Waals surface area contributed by atoms with E-state index in [4.69, 9.17) is 0 Å². The summed E-state index contributed by atoms with van der Waals surface area (Å²) >= 11 is 3.36. The summed E-state index contributed by atoms with van der Waals surface area (Å²) in [6.45, 7) is 1.81. The Morgan fingerprint density at radius 2 is 1.95 bits per heavy atom. The number of pyridine rings is 1. The molecule has 0 aliphatic carbocycles. The van der Waals surface area contributed by atoms with Crippen molar-refractivity contribution in [2.24, 2.45) is 0 Å². The van der Waals surface area contributed by atoms with Crippen LogP contribution in [0.5, 0.6) is 0 Å². The first-order valence-electron chi connectivity index (χ1n) is 5.79. The molecule has 0 aliphatic rings. The number of nitrogens with one attached hydrogen (secondary N) is 1. The number of benzene rings is 1. The van der Waals surface area contributed by atoms with Gasteiger partial charge in [0.05, 0.1) is 5.69 Å². The number of aryl methyl sites for hydroxylation is 1. The van der Waals surface area contributed by atoms with Gasteiger partial charge in [0.1, 0.15) is 6.54 Å². The third-order valence-electron chi connectivity index (χ3n) is 2.72. The predicted octanol–water partition coefficient (Wildman–Crippen LogP) is 2.56. The fourth-order valence-corrected chi connectivity index (χ4v) is 2.11. The minimum Gasteiger partial charge on any atom is -0.324 e. The van der Waals surface area contributed by atoms with Crippen LogP contribution in [0.15, 0.2) is 51.7 Å². The molecular formula is C14H13BrN2O2. The van der Waals surface area contributed by atoms with Crippen molar-refractivity contribution in [2.45, 2.75) is 13.5 Å². The summed E-state index contributed by atoms with van der Waals surface area (Å²) in [7, 11) is 0. The van der Waals surface area contributed by atoms with E-state index in [2.05, 4.69) is 21.2 Å². The zero-order valence-corrected chi connectivity index (χ0v) is 12.0. The number of aromatic nitrogens is 1. The molecule has 0 saturated carbocycles. The highest BCUT2D eigenvalue weighted by Crippen LogP contribution is 2.20. The Morgan fingerprint density at radius 1 is 1.21 bits per heavy atom. The van der Waals surface area contributed by atoms with Crippen LogP contribution >= 0.6 is 15.9 Å². The maximum atomic E-state index is 11.9. The highest BCUT2D eigenvalue weighted by atomic mass is 79.9. The number of nitrogens with zero attached hydrogens (tertiary/aromatic N) is 1. The molecule has 1 heterocycles. The Hall–Kier alpha value is -1.88. The molecule has 1 N–H and O–H groups in total. The number of carbonyl (C=O) groups excluding carboxylic acids is 1. The molecule has 0 radical (unpaired) electrons. The van der Waals surface area contributed by atoms with Crippen molar-refractivity contribution >= 4 is 27.5 Å². The Labute approximate surface area is 119 Å². The molecule has 0 aliphatic heterocycles. The third-order valence-corrected chi connectivity index (χ3v) is 3.41. The highest BCUT2D eigenvalue weighted by Gasteiger charge is 2.08. The number of para-hydroxylation sites is 1. The molecule has 0 fully saturated rings. The van der Waals surface area contributed by atoms with E-state index in [1.165, 1.54) is 10.6 Å². The van der Waals surface area contributed by atoms with E-state index in [1.54, 1.807) is 25.1 Å². The molecule has 0 saturated heterocycles. The summed E-state index contributed by atoms with van der Waals surface area (Å²) in [5.41, 5.74) is 1.27. The Bertz CT molecular complexity index is 664. The lowest BCUT2D eigenvalue weighted by molar-refractivity contribution is -0.116. The minimum absolute atomic E-state index is 0.00679. The van der Waals surface area contributed by atoms with Gasteiger partial charge in [-0.2, -0.15) is 0 Å². The monoisotopic (exact) mass is 320 g/mol. The van der Waals surface area contributed by atoms with Crippen LogP contribution in [0.1, 0.15) is 5.69 Å². The Balaban J connectivity index is 2.15. The molecular weight excluding hydrogens is 308 g/mol. The van der Waals surface area contributed by atoms with Crippen molar-refractivity contribution < 1.29 is 4.79 Å². The third kappa shape index (κ3) is 3.32. The van der Waals surface area contributed by atoms with E-state index in [1.807, 2.05) is 18.2 Å². The Kier molecular flexibility index (Phi) is 4.16. The van der Waals surface area contributed by atoms with Crippen molar-refractivity contribution in [1.82, 2.24) is 4.57 Å². The lowest BCUT2D eigenvalue weighted by Crippen LogP contribution is -2.28. The molecule has 2 rings (SSSR count). The molecule has 4 nitrogen and oxygen atoms in total. The summed E-state index contributed by atoms with van der Waals surface area (Å²) in [5, 5.41) is 2.77. The second kappa shape index (κ2) is 5.84. The molecule has 0 atom stereocenters. The minimum atomic E-state index is -0.233. The first-order chi connectivity index (χ1) is 9.08. The fourth-order valence-electron chi connectivity index (χ4n) is 1.72. The summed E-state index contributed by atoms with van der Waals surface area (Å²) in [4.78, 5) is 23.6. The van der Waals surface area contributed by atoms with Gasteiger partial charge in [-0.25, -0.2) is 0 Å². The van der Waals surface area contributed by atoms with Crippen LogP contribution in [0.3, 0.4) is 0 Å². The van der Waals surface area contributed by atoms with Crippen molar-refractivity contribution in [3.8, 4) is 0 Å². The standard InChI is InChI=1S/C14H13BrN2O2/c1-10-5-4-8-14(19)17(10)9-13(18)16-12-7-3-2-6-11(12)15/h2-8H,9H2,1H3,(H,16,18). The van der Waals surface area contributed by atoms with Crippen molar-refractivity contribution in [3.05, 3.63) is 63.0 Å². The van der Waals surface area contributed by atoms with Crippen LogP contribution in [0, 0.1) is 6.92 Å². The van der Waals surface area contributed by atoms with E-state index >= 15 is 0 Å². The predicted molar refractivity (Wildman–Crippen MR) is 78.2 cm³/mol. The summed E-state index contributed by atoms with van der Waals surface area (Å²) in [5.74, 6) is -0.233. The normalized spacial score (nSPS) is 10.2. The van der Waals surface area contributed by atoms with Gasteiger partial charge in [-0.3, -0.25) is 9.59 Å². The summed E-state index contributed by atoms with van der Waals surface area (Å²) in [6.07, 6.45) is 0. The van der Waals surface area contributed by atoms with Gasteiger partial charge in [0.15, 0.2) is 0 Å². The van der Waals surface area contributed by atoms with Crippen LogP contribution in [0.4, 0.5) is 5.69 Å². The van der Waals surface area contributed by atoms with Crippen LogP contribution in [-0.4, -0.2) is 10.5 Å². The van der Waals surface area contributed by atoms with E-state index in [0.717, 1.165) is 10.2 Å². The maximum Gasteiger partial charge on any atom is 0.251 e. The molecule has 19 heavy (non-hydrogen) atoms. The van der Waals surface area contributed by atoms with Gasteiger partial charge in [0.25, 0.3) is 5.56 Å². The molecule has 98 valence electrons. The lowest BCUT2D eigenvalue weighted by Gasteiger charge is -2.10. The highest BCUT2D eigenvalue weighted by molar-refractivity contribution is 9.10. The van der Waals surface area contributed by atoms with Gasteiger partial charge in [-0.15, -0.1) is 0 Å². The van der Waals surface area contributed by atoms with Crippen LogP contribution < -0.4 is 10.9 Å². The van der Waals surface area contributed by atoms with Crippen molar-refractivity contribution in [2.75, 3.05) is 5.32 Å². The number of hydrogen-bond donors (Lipinski definition) is 1. The zero-order chi connectivity index (χ0) is 13.8. The number of rotatable bonds is 3. The number of hydrogen-bond acceptors (Lipinski definition) is 2. The SMILES string of the molecule is Cc1cccc(=O)n1CC(=O)Nc1ccccc1Br. The average molecular weight is 321 g/mol. The fraction of sp³-hybridized carbons (Fsp3) is 0.143. The van der Waals surface area contributed by atoms with Gasteiger partial charge in [0.2, 0.25) is 5.91 Å². The zero-order valence-electron chi connectivity index (χ0n) is 10.4. The second-order valence-electron chi connectivity index (χ2n) is 4.12. The van der Waals surface area contributed by atoms with Crippen LogP contribution in [-0.2, 0) is 11.3 Å². The largest absolute Gasteiger partial charge is 0.324 e. The first kappa shape index (κ1) is 13.5. The molecule has 0 unspecified atom stereocenters. The van der Waals surface area contributed by atoms with Gasteiger partial charge in [-0.05, 0) is 41.1 Å². The molecule has 5 heteroatoms. The molecule has 0 bridgehead atoms. The number of carbonyl (C=O) groups is 1. The van der Waals surface area contributed by atoms with E-state index in [0.29, 0.717) is 5.69 Å². The maximum absolute atomic E-state index is 11.9. The van der Waals surface area contributed by atoms with Crippen molar-refractivity contribution in [3.63, 3.8) is 0 Å². The van der Waals surface area contributed by atoms with E-state index in [9.17, 15) is 9.59 Å². The lowest BCUT2D eigenvalue weighted by atomic mass is 10.3. The molecule has 0 spiro atoms. The summed E-state index contributed by atoms with van der Waals surface area (Å²) < 4.78 is 2.24. The number of amides is 1. The number of anilines is 1. The summed E-state index contributed by atoms with van der Waals surface area (Å²) in [6, 6.07) is 12.3.